The summed E-state index contributed by atoms with van der Waals surface area (Å²) in [7, 11) is 1.60. The number of anilines is 3. The predicted octanol–water partition coefficient (Wildman–Crippen LogP) is 9.57. The molecular weight excluding hydrogens is 853 g/mol. The van der Waals surface area contributed by atoms with Crippen LogP contribution in [0.2, 0.25) is 0 Å². The van der Waals surface area contributed by atoms with Crippen LogP contribution in [0.25, 0.3) is 21.8 Å². The molecule has 0 aliphatic heterocycles. The van der Waals surface area contributed by atoms with Gasteiger partial charge in [-0.15, -0.1) is 0 Å². The van der Waals surface area contributed by atoms with Gasteiger partial charge < -0.3 is 46.4 Å². The van der Waals surface area contributed by atoms with E-state index in [1.165, 1.54) is 35.7 Å². The van der Waals surface area contributed by atoms with E-state index in [4.69, 9.17) is 15.2 Å². The van der Waals surface area contributed by atoms with E-state index in [9.17, 15) is 24.6 Å². The summed E-state index contributed by atoms with van der Waals surface area (Å²) in [6, 6.07) is 33.1. The number of phenols is 1. The number of aromatic nitrogens is 2. The van der Waals surface area contributed by atoms with E-state index in [1.54, 1.807) is 25.3 Å². The van der Waals surface area contributed by atoms with Crippen molar-refractivity contribution < 1.29 is 29.3 Å². The maximum absolute atomic E-state index is 13.4. The SMILES string of the molecule is COc1cccc(Nc2c(C(N)=O)cnc3c(C)cc(Sc4cccc(C(=O)Nc5ccc(CCCCOCCCCCCNC[C@H](O)c6ccc(O)c7[nH]c(=O)ccc67)cc5)c4)cc23)c1. The molecule has 0 saturated heterocycles. The van der Waals surface area contributed by atoms with Crippen LogP contribution < -0.4 is 32.0 Å². The van der Waals surface area contributed by atoms with Crippen molar-refractivity contribution in [1.82, 2.24) is 15.3 Å². The summed E-state index contributed by atoms with van der Waals surface area (Å²) in [5, 5.41) is 31.9. The Labute approximate surface area is 388 Å². The van der Waals surface area contributed by atoms with Gasteiger partial charge in [0.25, 0.3) is 11.8 Å². The number of aromatic amines is 1. The van der Waals surface area contributed by atoms with E-state index in [2.05, 4.69) is 38.1 Å². The highest BCUT2D eigenvalue weighted by Crippen LogP contribution is 2.37. The second kappa shape index (κ2) is 23.0. The normalized spacial score (nSPS) is 11.7. The molecular formula is C52H56N6O7S. The number of fused-ring (bicyclic) bond motifs is 2. The summed E-state index contributed by atoms with van der Waals surface area (Å²) < 4.78 is 11.3. The molecule has 0 bridgehead atoms. The Morgan fingerprint density at radius 2 is 1.62 bits per heavy atom. The Balaban J connectivity index is 0.802. The van der Waals surface area contributed by atoms with Gasteiger partial charge in [-0.05, 0) is 129 Å². The van der Waals surface area contributed by atoms with Crippen molar-refractivity contribution >= 4 is 62.4 Å². The number of rotatable bonds is 23. The minimum atomic E-state index is -0.762. The molecule has 2 heterocycles. The van der Waals surface area contributed by atoms with Crippen LogP contribution in [-0.4, -0.2) is 65.4 Å². The van der Waals surface area contributed by atoms with Crippen LogP contribution in [0.1, 0.15) is 82.0 Å². The predicted molar refractivity (Wildman–Crippen MR) is 263 cm³/mol. The van der Waals surface area contributed by atoms with Crippen LogP contribution in [-0.2, 0) is 11.2 Å². The van der Waals surface area contributed by atoms with Crippen LogP contribution in [0.15, 0.2) is 130 Å². The third kappa shape index (κ3) is 12.5. The van der Waals surface area contributed by atoms with Crippen LogP contribution in [0.4, 0.5) is 17.1 Å². The number of aliphatic hydroxyl groups excluding tert-OH is 1. The standard InChI is InChI=1S/C52H56N6O7S/c1-33-27-40(30-43-48(33)55-31-44(51(53)62)49(43)56-37-13-10-14-38(29-37)64-2)66-39-15-9-12-35(28-39)52(63)57-36-18-16-34(17-19-36)11-5-8-26-65-25-7-4-3-6-24-54-32-46(60)41-20-22-45(59)50-42(41)21-23-47(61)58-50/h9-10,12-23,27-31,46,54,59-60H,3-8,11,24-26,32H2,1-2H3,(H2,53,62)(H,55,56)(H,57,63)(H,58,61)/t46-/m0/s1. The van der Waals surface area contributed by atoms with Gasteiger partial charge in [-0.1, -0.05) is 54.9 Å². The largest absolute Gasteiger partial charge is 0.506 e. The number of phenolic OH excluding ortho intramolecular Hbond substituents is 1. The van der Waals surface area contributed by atoms with Crippen LogP contribution in [0.5, 0.6) is 11.5 Å². The van der Waals surface area contributed by atoms with Gasteiger partial charge in [0, 0.05) is 75.6 Å². The number of amides is 2. The maximum Gasteiger partial charge on any atom is 0.255 e. The number of carbonyl (C=O) groups is 2. The Hall–Kier alpha value is -6.71. The monoisotopic (exact) mass is 908 g/mol. The number of aryl methyl sites for hydroxylation is 2. The number of methoxy groups -OCH3 is 1. The van der Waals surface area contributed by atoms with Crippen molar-refractivity contribution in [3.63, 3.8) is 0 Å². The van der Waals surface area contributed by atoms with Crippen LogP contribution in [0.3, 0.4) is 0 Å². The van der Waals surface area contributed by atoms with Gasteiger partial charge >= 0.3 is 0 Å². The summed E-state index contributed by atoms with van der Waals surface area (Å²) in [5.41, 5.74) is 12.2. The number of aromatic hydroxyl groups is 1. The number of unbranched alkanes of at least 4 members (excludes halogenated alkanes) is 4. The molecule has 0 unspecified atom stereocenters. The molecule has 0 radical (unpaired) electrons. The van der Waals surface area contributed by atoms with Crippen molar-refractivity contribution in [3.8, 4) is 11.5 Å². The van der Waals surface area contributed by atoms with Gasteiger partial charge in [-0.25, -0.2) is 0 Å². The fraction of sp³-hybridized carbons (Fsp3) is 0.269. The topological polar surface area (TPSA) is 201 Å². The fourth-order valence-corrected chi connectivity index (χ4v) is 8.83. The van der Waals surface area contributed by atoms with Gasteiger partial charge in [0.1, 0.15) is 11.5 Å². The third-order valence-electron chi connectivity index (χ3n) is 11.3. The summed E-state index contributed by atoms with van der Waals surface area (Å²) in [6.45, 7) is 4.60. The Bertz CT molecular complexity index is 2850. The van der Waals surface area contributed by atoms with E-state index in [-0.39, 0.29) is 22.8 Å². The maximum atomic E-state index is 13.4. The number of nitrogens with zero attached hydrogens (tertiary/aromatic N) is 1. The first-order valence-electron chi connectivity index (χ1n) is 22.2. The number of ether oxygens (including phenoxy) is 2. The third-order valence-corrected chi connectivity index (χ3v) is 12.2. The zero-order chi connectivity index (χ0) is 46.4. The van der Waals surface area contributed by atoms with Crippen molar-refractivity contribution in [1.29, 1.82) is 0 Å². The minimum absolute atomic E-state index is 0.0212. The lowest BCUT2D eigenvalue weighted by Crippen LogP contribution is -2.22. The fourth-order valence-electron chi connectivity index (χ4n) is 7.81. The highest BCUT2D eigenvalue weighted by Gasteiger charge is 2.18. The molecule has 7 rings (SSSR count). The van der Waals surface area contributed by atoms with Crippen molar-refractivity contribution in [2.24, 2.45) is 5.73 Å². The van der Waals surface area contributed by atoms with Gasteiger partial charge in [-0.3, -0.25) is 19.4 Å². The summed E-state index contributed by atoms with van der Waals surface area (Å²) >= 11 is 1.51. The number of hydrogen-bond donors (Lipinski definition) is 7. The Kier molecular flexibility index (Phi) is 16.4. The first-order chi connectivity index (χ1) is 32.1. The highest BCUT2D eigenvalue weighted by molar-refractivity contribution is 7.99. The average molecular weight is 909 g/mol. The molecule has 8 N–H and O–H groups in total. The number of pyridine rings is 2. The Morgan fingerprint density at radius 1 is 0.833 bits per heavy atom. The number of carbonyl (C=O) groups excluding carboxylic acids is 2. The number of aliphatic hydroxyl groups is 1. The summed E-state index contributed by atoms with van der Waals surface area (Å²) in [6.07, 6.45) is 7.77. The van der Waals surface area contributed by atoms with E-state index >= 15 is 0 Å². The van der Waals surface area contributed by atoms with Gasteiger partial charge in [0.05, 0.1) is 35.5 Å². The van der Waals surface area contributed by atoms with Crippen molar-refractivity contribution in [2.75, 3.05) is 44.0 Å². The molecule has 342 valence electrons. The molecule has 13 nitrogen and oxygen atoms in total. The second-order valence-electron chi connectivity index (χ2n) is 16.2. The number of hydrogen-bond acceptors (Lipinski definition) is 11. The van der Waals surface area contributed by atoms with Crippen LogP contribution in [0, 0.1) is 6.92 Å². The van der Waals surface area contributed by atoms with E-state index in [0.717, 1.165) is 102 Å². The molecule has 14 heteroatoms. The number of nitrogens with one attached hydrogen (secondary N) is 4. The molecule has 0 spiro atoms. The molecule has 0 aliphatic rings. The molecule has 0 aliphatic carbocycles. The molecule has 5 aromatic carbocycles. The first-order valence-corrected chi connectivity index (χ1v) is 23.0. The van der Waals surface area contributed by atoms with Crippen LogP contribution >= 0.6 is 11.8 Å². The lowest BCUT2D eigenvalue weighted by Gasteiger charge is -2.16. The van der Waals surface area contributed by atoms with Gasteiger partial charge in [-0.2, -0.15) is 0 Å². The number of nitrogens with two attached hydrogens (primary N) is 1. The number of primary amides is 1. The Morgan fingerprint density at radius 3 is 2.42 bits per heavy atom. The zero-order valence-electron chi connectivity index (χ0n) is 37.2. The van der Waals surface area contributed by atoms with Crippen molar-refractivity contribution in [2.45, 2.75) is 67.8 Å². The number of benzene rings is 5. The van der Waals surface area contributed by atoms with Gasteiger partial charge in [0.15, 0.2) is 0 Å². The molecule has 2 amide bonds. The van der Waals surface area contributed by atoms with Gasteiger partial charge in [0.2, 0.25) is 5.56 Å². The smallest absolute Gasteiger partial charge is 0.255 e. The summed E-state index contributed by atoms with van der Waals surface area (Å²) in [5.74, 6) is -0.148. The summed E-state index contributed by atoms with van der Waals surface area (Å²) in [4.78, 5) is 46.6. The quantitative estimate of drug-likeness (QED) is 0.0302. The lowest BCUT2D eigenvalue weighted by atomic mass is 10.0. The molecule has 0 fully saturated rings. The minimum Gasteiger partial charge on any atom is -0.506 e. The first kappa shape index (κ1) is 47.3. The average Bonchev–Trinajstić information content (AvgIpc) is 3.31. The molecule has 66 heavy (non-hydrogen) atoms. The molecule has 7 aromatic rings. The van der Waals surface area contributed by atoms with E-state index in [0.29, 0.717) is 40.0 Å². The van der Waals surface area contributed by atoms with E-state index < -0.39 is 12.0 Å². The lowest BCUT2D eigenvalue weighted by molar-refractivity contribution is 0.0998. The second-order valence-corrected chi connectivity index (χ2v) is 17.3. The van der Waals surface area contributed by atoms with E-state index in [1.807, 2.05) is 73.7 Å². The molecule has 2 aromatic heterocycles. The number of H-pyrrole nitrogens is 1. The molecule has 1 atom stereocenters. The highest BCUT2D eigenvalue weighted by atomic mass is 32.2. The molecule has 0 saturated carbocycles. The zero-order valence-corrected chi connectivity index (χ0v) is 38.0. The van der Waals surface area contributed by atoms with Crippen molar-refractivity contribution in [3.05, 3.63) is 154 Å².